The van der Waals surface area contributed by atoms with E-state index >= 15 is 0 Å². The van der Waals surface area contributed by atoms with Crippen molar-refractivity contribution in [3.8, 4) is 0 Å². The standard InChI is InChI=1S/C13H21NO/c1-9(2)11-4-6-12(7-5-11)10(3)13(15)8-14/h4-7,9-10,13,15H,8,14H2,1-3H3. The van der Waals surface area contributed by atoms with E-state index in [4.69, 9.17) is 5.73 Å². The van der Waals surface area contributed by atoms with Gasteiger partial charge < -0.3 is 10.8 Å². The molecule has 0 saturated carbocycles. The van der Waals surface area contributed by atoms with E-state index in [-0.39, 0.29) is 5.92 Å². The van der Waals surface area contributed by atoms with E-state index in [1.54, 1.807) is 0 Å². The zero-order valence-corrected chi connectivity index (χ0v) is 9.77. The van der Waals surface area contributed by atoms with Crippen LogP contribution in [0.4, 0.5) is 0 Å². The molecule has 1 aromatic carbocycles. The number of hydrogen-bond acceptors (Lipinski definition) is 2. The molecule has 2 unspecified atom stereocenters. The predicted molar refractivity (Wildman–Crippen MR) is 64.0 cm³/mol. The summed E-state index contributed by atoms with van der Waals surface area (Å²) in [4.78, 5) is 0. The van der Waals surface area contributed by atoms with Crippen LogP contribution in [-0.4, -0.2) is 17.8 Å². The molecule has 0 bridgehead atoms. The summed E-state index contributed by atoms with van der Waals surface area (Å²) in [5, 5.41) is 9.63. The molecule has 0 aliphatic carbocycles. The normalized spacial score (nSPS) is 15.3. The molecule has 2 heteroatoms. The third-order valence-corrected chi connectivity index (χ3v) is 2.95. The van der Waals surface area contributed by atoms with Gasteiger partial charge in [-0.1, -0.05) is 45.0 Å². The van der Waals surface area contributed by atoms with Gasteiger partial charge in [0, 0.05) is 12.5 Å². The lowest BCUT2D eigenvalue weighted by Gasteiger charge is -2.18. The summed E-state index contributed by atoms with van der Waals surface area (Å²) in [6.45, 7) is 6.66. The molecular formula is C13H21NO. The molecule has 0 spiro atoms. The van der Waals surface area contributed by atoms with Crippen LogP contribution in [0.25, 0.3) is 0 Å². The summed E-state index contributed by atoms with van der Waals surface area (Å²) in [6, 6.07) is 8.41. The van der Waals surface area contributed by atoms with Crippen LogP contribution in [-0.2, 0) is 0 Å². The van der Waals surface area contributed by atoms with E-state index in [0.29, 0.717) is 12.5 Å². The van der Waals surface area contributed by atoms with Gasteiger partial charge in [-0.05, 0) is 17.0 Å². The third kappa shape index (κ3) is 3.05. The first-order chi connectivity index (χ1) is 7.06. The van der Waals surface area contributed by atoms with Gasteiger partial charge in [0.2, 0.25) is 0 Å². The maximum atomic E-state index is 9.63. The van der Waals surface area contributed by atoms with E-state index < -0.39 is 6.10 Å². The summed E-state index contributed by atoms with van der Waals surface area (Å²) in [5.41, 5.74) is 7.92. The topological polar surface area (TPSA) is 46.2 Å². The fourth-order valence-electron chi connectivity index (χ4n) is 1.61. The van der Waals surface area contributed by atoms with E-state index in [1.165, 1.54) is 5.56 Å². The molecule has 0 amide bonds. The van der Waals surface area contributed by atoms with Crippen LogP contribution in [0.1, 0.15) is 43.7 Å². The lowest BCUT2D eigenvalue weighted by molar-refractivity contribution is 0.157. The molecular weight excluding hydrogens is 186 g/mol. The maximum Gasteiger partial charge on any atom is 0.0728 e. The third-order valence-electron chi connectivity index (χ3n) is 2.95. The minimum atomic E-state index is -0.449. The summed E-state index contributed by atoms with van der Waals surface area (Å²) >= 11 is 0. The predicted octanol–water partition coefficient (Wildman–Crippen LogP) is 2.23. The van der Waals surface area contributed by atoms with Crippen molar-refractivity contribution in [2.75, 3.05) is 6.54 Å². The van der Waals surface area contributed by atoms with Crippen LogP contribution in [0.5, 0.6) is 0 Å². The zero-order chi connectivity index (χ0) is 11.4. The van der Waals surface area contributed by atoms with E-state index in [1.807, 2.05) is 6.92 Å². The molecule has 0 aliphatic rings. The average Bonchev–Trinajstić information content (AvgIpc) is 2.27. The van der Waals surface area contributed by atoms with Crippen LogP contribution in [0, 0.1) is 0 Å². The fraction of sp³-hybridized carbons (Fsp3) is 0.538. The molecule has 0 fully saturated rings. The Morgan fingerprint density at radius 1 is 1.07 bits per heavy atom. The highest BCUT2D eigenvalue weighted by atomic mass is 16.3. The van der Waals surface area contributed by atoms with Gasteiger partial charge in [-0.15, -0.1) is 0 Å². The van der Waals surface area contributed by atoms with Gasteiger partial charge in [-0.2, -0.15) is 0 Å². The Balaban J connectivity index is 2.79. The van der Waals surface area contributed by atoms with Gasteiger partial charge in [0.25, 0.3) is 0 Å². The molecule has 0 saturated heterocycles. The number of aliphatic hydroxyl groups is 1. The Bertz CT molecular complexity index is 292. The van der Waals surface area contributed by atoms with Gasteiger partial charge in [0.05, 0.1) is 6.10 Å². The second-order valence-electron chi connectivity index (χ2n) is 4.41. The molecule has 0 radical (unpaired) electrons. The second kappa shape index (κ2) is 5.29. The number of nitrogens with two attached hydrogens (primary N) is 1. The highest BCUT2D eigenvalue weighted by molar-refractivity contribution is 5.27. The Kier molecular flexibility index (Phi) is 4.30. The highest BCUT2D eigenvalue weighted by Crippen LogP contribution is 2.21. The number of aliphatic hydroxyl groups excluding tert-OH is 1. The summed E-state index contributed by atoms with van der Waals surface area (Å²) in [6.07, 6.45) is -0.449. The molecule has 2 nitrogen and oxygen atoms in total. The van der Waals surface area contributed by atoms with Crippen molar-refractivity contribution >= 4 is 0 Å². The van der Waals surface area contributed by atoms with E-state index in [0.717, 1.165) is 5.56 Å². The molecule has 1 aromatic rings. The molecule has 3 N–H and O–H groups in total. The Hall–Kier alpha value is -0.860. The lowest BCUT2D eigenvalue weighted by Crippen LogP contribution is -2.25. The van der Waals surface area contributed by atoms with Gasteiger partial charge in [-0.25, -0.2) is 0 Å². The monoisotopic (exact) mass is 207 g/mol. The second-order valence-corrected chi connectivity index (χ2v) is 4.41. The van der Waals surface area contributed by atoms with Crippen molar-refractivity contribution in [2.24, 2.45) is 5.73 Å². The minimum absolute atomic E-state index is 0.108. The summed E-state index contributed by atoms with van der Waals surface area (Å²) < 4.78 is 0. The van der Waals surface area contributed by atoms with Crippen molar-refractivity contribution in [1.82, 2.24) is 0 Å². The molecule has 1 rings (SSSR count). The molecule has 84 valence electrons. The van der Waals surface area contributed by atoms with Crippen molar-refractivity contribution < 1.29 is 5.11 Å². The number of benzene rings is 1. The maximum absolute atomic E-state index is 9.63. The smallest absolute Gasteiger partial charge is 0.0728 e. The quantitative estimate of drug-likeness (QED) is 0.795. The van der Waals surface area contributed by atoms with Gasteiger partial charge in [0.15, 0.2) is 0 Å². The Morgan fingerprint density at radius 2 is 1.53 bits per heavy atom. The molecule has 15 heavy (non-hydrogen) atoms. The average molecular weight is 207 g/mol. The van der Waals surface area contributed by atoms with Crippen LogP contribution < -0.4 is 5.73 Å². The van der Waals surface area contributed by atoms with Gasteiger partial charge >= 0.3 is 0 Å². The largest absolute Gasteiger partial charge is 0.391 e. The lowest BCUT2D eigenvalue weighted by atomic mass is 9.93. The Morgan fingerprint density at radius 3 is 1.93 bits per heavy atom. The first-order valence-electron chi connectivity index (χ1n) is 5.54. The van der Waals surface area contributed by atoms with Crippen LogP contribution in [0.15, 0.2) is 24.3 Å². The molecule has 0 heterocycles. The highest BCUT2D eigenvalue weighted by Gasteiger charge is 2.14. The van der Waals surface area contributed by atoms with Crippen molar-refractivity contribution in [3.05, 3.63) is 35.4 Å². The summed E-state index contributed by atoms with van der Waals surface area (Å²) in [7, 11) is 0. The van der Waals surface area contributed by atoms with Crippen LogP contribution in [0.2, 0.25) is 0 Å². The van der Waals surface area contributed by atoms with Crippen molar-refractivity contribution in [2.45, 2.75) is 38.7 Å². The van der Waals surface area contributed by atoms with Crippen LogP contribution >= 0.6 is 0 Å². The van der Waals surface area contributed by atoms with E-state index in [9.17, 15) is 5.11 Å². The zero-order valence-electron chi connectivity index (χ0n) is 9.77. The first-order valence-corrected chi connectivity index (χ1v) is 5.54. The van der Waals surface area contributed by atoms with Gasteiger partial charge in [-0.3, -0.25) is 0 Å². The van der Waals surface area contributed by atoms with Crippen molar-refractivity contribution in [3.63, 3.8) is 0 Å². The van der Waals surface area contributed by atoms with Gasteiger partial charge in [0.1, 0.15) is 0 Å². The minimum Gasteiger partial charge on any atom is -0.391 e. The molecule has 0 aliphatic heterocycles. The number of hydrogen-bond donors (Lipinski definition) is 2. The van der Waals surface area contributed by atoms with Crippen LogP contribution in [0.3, 0.4) is 0 Å². The molecule has 0 aromatic heterocycles. The Labute approximate surface area is 92.1 Å². The first kappa shape index (κ1) is 12.2. The van der Waals surface area contributed by atoms with E-state index in [2.05, 4.69) is 38.1 Å². The SMILES string of the molecule is CC(C)c1ccc(C(C)C(O)CN)cc1. The summed E-state index contributed by atoms with van der Waals surface area (Å²) in [5.74, 6) is 0.657. The molecule has 2 atom stereocenters. The van der Waals surface area contributed by atoms with Crippen molar-refractivity contribution in [1.29, 1.82) is 0 Å². The number of rotatable bonds is 4. The fourth-order valence-corrected chi connectivity index (χ4v) is 1.61.